The Bertz CT molecular complexity index is 1080. The van der Waals surface area contributed by atoms with E-state index in [9.17, 15) is 9.59 Å². The van der Waals surface area contributed by atoms with Gasteiger partial charge in [0.05, 0.1) is 25.7 Å². The van der Waals surface area contributed by atoms with Crippen LogP contribution in [-0.4, -0.2) is 43.6 Å². The summed E-state index contributed by atoms with van der Waals surface area (Å²) in [5.41, 5.74) is 1.95. The molecule has 0 bridgehead atoms. The Morgan fingerprint density at radius 1 is 1.12 bits per heavy atom. The summed E-state index contributed by atoms with van der Waals surface area (Å²) in [6, 6.07) is 18.2. The smallest absolute Gasteiger partial charge is 0.254 e. The topological polar surface area (TPSA) is 67.9 Å². The standard InChI is InChI=1S/C25H26N2O4S/c1-3-31-14-13-27-23(21-12-7-15-32-21)22(19-10-4-5-11-20(19)25(27)29)24(28)26-17-8-6-9-18(16-17)30-2/h4-12,15-16,22-23H,3,13-14H2,1-2H3,(H,26,28). The number of amides is 2. The number of hydrogen-bond acceptors (Lipinski definition) is 5. The van der Waals surface area contributed by atoms with Gasteiger partial charge in [0.2, 0.25) is 5.91 Å². The van der Waals surface area contributed by atoms with Gasteiger partial charge in [-0.1, -0.05) is 30.3 Å². The molecule has 0 radical (unpaired) electrons. The molecule has 2 heterocycles. The third kappa shape index (κ3) is 4.40. The van der Waals surface area contributed by atoms with Gasteiger partial charge in [0, 0.05) is 35.3 Å². The van der Waals surface area contributed by atoms with Gasteiger partial charge in [-0.05, 0) is 42.1 Å². The molecular weight excluding hydrogens is 424 g/mol. The molecule has 0 saturated heterocycles. The van der Waals surface area contributed by atoms with Crippen LogP contribution in [0.5, 0.6) is 5.75 Å². The van der Waals surface area contributed by atoms with Gasteiger partial charge in [0.15, 0.2) is 0 Å². The first-order chi connectivity index (χ1) is 15.6. The van der Waals surface area contributed by atoms with Gasteiger partial charge in [-0.3, -0.25) is 9.59 Å². The first-order valence-electron chi connectivity index (χ1n) is 10.6. The Hall–Kier alpha value is -3.16. The summed E-state index contributed by atoms with van der Waals surface area (Å²) in [5, 5.41) is 5.01. The van der Waals surface area contributed by atoms with Gasteiger partial charge in [-0.2, -0.15) is 0 Å². The lowest BCUT2D eigenvalue weighted by Crippen LogP contribution is -2.47. The largest absolute Gasteiger partial charge is 0.497 e. The molecule has 1 aliphatic heterocycles. The van der Waals surface area contributed by atoms with E-state index < -0.39 is 12.0 Å². The van der Waals surface area contributed by atoms with E-state index >= 15 is 0 Å². The molecular formula is C25H26N2O4S. The second-order valence-electron chi connectivity index (χ2n) is 7.44. The molecule has 166 valence electrons. The number of nitrogens with one attached hydrogen (secondary N) is 1. The van der Waals surface area contributed by atoms with Crippen molar-refractivity contribution >= 4 is 28.8 Å². The molecule has 3 aromatic rings. The van der Waals surface area contributed by atoms with Crippen molar-refractivity contribution < 1.29 is 19.1 Å². The van der Waals surface area contributed by atoms with Crippen molar-refractivity contribution in [2.45, 2.75) is 18.9 Å². The van der Waals surface area contributed by atoms with E-state index in [2.05, 4.69) is 5.32 Å². The van der Waals surface area contributed by atoms with Gasteiger partial charge in [-0.15, -0.1) is 11.3 Å². The van der Waals surface area contributed by atoms with Gasteiger partial charge >= 0.3 is 0 Å². The number of carbonyl (C=O) groups is 2. The molecule has 0 aliphatic carbocycles. The van der Waals surface area contributed by atoms with Crippen LogP contribution in [0.1, 0.15) is 39.7 Å². The molecule has 1 N–H and O–H groups in total. The van der Waals surface area contributed by atoms with Crippen molar-refractivity contribution in [3.8, 4) is 5.75 Å². The number of anilines is 1. The third-order valence-corrected chi connectivity index (χ3v) is 6.52. The first kappa shape index (κ1) is 22.0. The van der Waals surface area contributed by atoms with Crippen molar-refractivity contribution in [1.82, 2.24) is 4.90 Å². The lowest BCUT2D eigenvalue weighted by molar-refractivity contribution is -0.119. The summed E-state index contributed by atoms with van der Waals surface area (Å²) in [6.07, 6.45) is 0. The van der Waals surface area contributed by atoms with Crippen molar-refractivity contribution in [2.24, 2.45) is 0 Å². The number of thiophene rings is 1. The van der Waals surface area contributed by atoms with E-state index in [0.717, 1.165) is 10.4 Å². The third-order valence-electron chi connectivity index (χ3n) is 5.57. The summed E-state index contributed by atoms with van der Waals surface area (Å²) in [4.78, 5) is 29.9. The van der Waals surface area contributed by atoms with Gasteiger partial charge < -0.3 is 19.7 Å². The van der Waals surface area contributed by atoms with Crippen LogP contribution >= 0.6 is 11.3 Å². The van der Waals surface area contributed by atoms with Crippen LogP contribution in [0.3, 0.4) is 0 Å². The van der Waals surface area contributed by atoms with E-state index in [4.69, 9.17) is 9.47 Å². The highest BCUT2D eigenvalue weighted by atomic mass is 32.1. The van der Waals surface area contributed by atoms with E-state index in [-0.39, 0.29) is 11.8 Å². The molecule has 2 amide bonds. The number of nitrogens with zero attached hydrogens (tertiary/aromatic N) is 1. The molecule has 32 heavy (non-hydrogen) atoms. The van der Waals surface area contributed by atoms with Crippen LogP contribution in [0.4, 0.5) is 5.69 Å². The lowest BCUT2D eigenvalue weighted by atomic mass is 9.81. The van der Waals surface area contributed by atoms with Gasteiger partial charge in [-0.25, -0.2) is 0 Å². The summed E-state index contributed by atoms with van der Waals surface area (Å²) in [7, 11) is 1.59. The van der Waals surface area contributed by atoms with Crippen molar-refractivity contribution in [2.75, 3.05) is 32.2 Å². The second kappa shape index (κ2) is 9.97. The predicted octanol–water partition coefficient (Wildman–Crippen LogP) is 4.71. The molecule has 2 unspecified atom stereocenters. The van der Waals surface area contributed by atoms with Crippen LogP contribution < -0.4 is 10.1 Å². The molecule has 2 aromatic carbocycles. The minimum Gasteiger partial charge on any atom is -0.497 e. The fourth-order valence-electron chi connectivity index (χ4n) is 4.12. The molecule has 7 heteroatoms. The fourth-order valence-corrected chi connectivity index (χ4v) is 5.00. The highest BCUT2D eigenvalue weighted by Crippen LogP contribution is 2.44. The SMILES string of the molecule is CCOCCN1C(=O)c2ccccc2C(C(=O)Nc2cccc(OC)c2)C1c1cccs1. The maximum atomic E-state index is 13.7. The number of fused-ring (bicyclic) bond motifs is 1. The van der Waals surface area contributed by atoms with Gasteiger partial charge in [0.25, 0.3) is 5.91 Å². The van der Waals surface area contributed by atoms with E-state index in [1.807, 2.05) is 60.8 Å². The van der Waals surface area contributed by atoms with E-state index in [0.29, 0.717) is 36.8 Å². The molecule has 6 nitrogen and oxygen atoms in total. The van der Waals surface area contributed by atoms with Crippen LogP contribution in [0.15, 0.2) is 66.0 Å². The number of carbonyl (C=O) groups excluding carboxylic acids is 2. The van der Waals surface area contributed by atoms with E-state index in [1.54, 1.807) is 35.5 Å². The first-order valence-corrected chi connectivity index (χ1v) is 11.5. The minimum absolute atomic E-state index is 0.0795. The van der Waals surface area contributed by atoms with Crippen LogP contribution in [-0.2, 0) is 9.53 Å². The average molecular weight is 451 g/mol. The monoisotopic (exact) mass is 450 g/mol. The normalized spacial score (nSPS) is 17.7. The zero-order valence-electron chi connectivity index (χ0n) is 18.1. The summed E-state index contributed by atoms with van der Waals surface area (Å²) in [6.45, 7) is 3.32. The molecule has 0 spiro atoms. The number of hydrogen-bond donors (Lipinski definition) is 1. The minimum atomic E-state index is -0.560. The number of ether oxygens (including phenoxy) is 2. The Balaban J connectivity index is 1.76. The zero-order valence-corrected chi connectivity index (χ0v) is 18.9. The van der Waals surface area contributed by atoms with Crippen LogP contribution in [0.2, 0.25) is 0 Å². The number of rotatable bonds is 8. The molecule has 4 rings (SSSR count). The quantitative estimate of drug-likeness (QED) is 0.505. The van der Waals surface area contributed by atoms with Crippen LogP contribution in [0.25, 0.3) is 0 Å². The van der Waals surface area contributed by atoms with Gasteiger partial charge in [0.1, 0.15) is 5.75 Å². The zero-order chi connectivity index (χ0) is 22.5. The van der Waals surface area contributed by atoms with Crippen molar-refractivity contribution in [1.29, 1.82) is 0 Å². The maximum absolute atomic E-state index is 13.7. The summed E-state index contributed by atoms with van der Waals surface area (Å²) < 4.78 is 10.8. The number of benzene rings is 2. The summed E-state index contributed by atoms with van der Waals surface area (Å²) in [5.74, 6) is -0.146. The molecule has 2 atom stereocenters. The molecule has 1 aromatic heterocycles. The summed E-state index contributed by atoms with van der Waals surface area (Å²) >= 11 is 1.55. The van der Waals surface area contributed by atoms with Crippen molar-refractivity contribution in [3.05, 3.63) is 82.0 Å². The van der Waals surface area contributed by atoms with E-state index in [1.165, 1.54) is 0 Å². The Morgan fingerprint density at radius 2 is 1.97 bits per heavy atom. The molecule has 1 aliphatic rings. The fraction of sp³-hybridized carbons (Fsp3) is 0.280. The molecule has 0 saturated carbocycles. The maximum Gasteiger partial charge on any atom is 0.254 e. The van der Waals surface area contributed by atoms with Crippen molar-refractivity contribution in [3.63, 3.8) is 0 Å². The lowest BCUT2D eigenvalue weighted by Gasteiger charge is -2.41. The van der Waals surface area contributed by atoms with Crippen LogP contribution in [0, 0.1) is 0 Å². The molecule has 0 fully saturated rings. The Kier molecular flexibility index (Phi) is 6.87. The Morgan fingerprint density at radius 3 is 2.72 bits per heavy atom. The number of methoxy groups -OCH3 is 1. The predicted molar refractivity (Wildman–Crippen MR) is 125 cm³/mol. The average Bonchev–Trinajstić information content (AvgIpc) is 3.35. The second-order valence-corrected chi connectivity index (χ2v) is 8.42. The highest BCUT2D eigenvalue weighted by molar-refractivity contribution is 7.10. The Labute approximate surface area is 191 Å². The highest BCUT2D eigenvalue weighted by Gasteiger charge is 2.44.